The molecule has 0 saturated heterocycles. The van der Waals surface area contributed by atoms with Gasteiger partial charge in [-0.15, -0.1) is 0 Å². The predicted octanol–water partition coefficient (Wildman–Crippen LogP) is 4.08. The Morgan fingerprint density at radius 2 is 2.00 bits per heavy atom. The molecule has 2 aromatic carbocycles. The van der Waals surface area contributed by atoms with Crippen molar-refractivity contribution in [3.8, 4) is 0 Å². The van der Waals surface area contributed by atoms with Crippen molar-refractivity contribution in [1.82, 2.24) is 4.57 Å². The number of rotatable bonds is 4. The molecule has 3 aromatic rings. The van der Waals surface area contributed by atoms with Crippen LogP contribution in [0.4, 0.5) is 0 Å². The normalized spacial score (nSPS) is 11.7. The summed E-state index contributed by atoms with van der Waals surface area (Å²) in [5.41, 5.74) is 2.39. The highest BCUT2D eigenvalue weighted by molar-refractivity contribution is 9.10. The highest BCUT2D eigenvalue weighted by atomic mass is 79.9. The molecule has 3 rings (SSSR count). The molecule has 0 radical (unpaired) electrons. The van der Waals surface area contributed by atoms with E-state index in [4.69, 9.17) is 4.74 Å². The maximum atomic E-state index is 12.6. The maximum absolute atomic E-state index is 12.6. The number of aryl methyl sites for hydroxylation is 1. The van der Waals surface area contributed by atoms with Gasteiger partial charge in [-0.3, -0.25) is 9.59 Å². The van der Waals surface area contributed by atoms with E-state index in [0.29, 0.717) is 17.0 Å². The van der Waals surface area contributed by atoms with Crippen LogP contribution in [0.15, 0.2) is 51.9 Å². The van der Waals surface area contributed by atoms with Gasteiger partial charge in [-0.2, -0.15) is 4.99 Å². The Hall–Kier alpha value is -2.25. The van der Waals surface area contributed by atoms with Gasteiger partial charge in [-0.1, -0.05) is 45.5 Å². The second-order valence-electron chi connectivity index (χ2n) is 5.62. The first kappa shape index (κ1) is 18.5. The monoisotopic (exact) mass is 432 g/mol. The molecular formula is C19H17BrN2O3S. The number of nitrogens with zero attached hydrogens (tertiary/aromatic N) is 2. The fourth-order valence-corrected chi connectivity index (χ4v) is 4.15. The zero-order chi connectivity index (χ0) is 18.7. The fourth-order valence-electron chi connectivity index (χ4n) is 2.65. The minimum Gasteiger partial charge on any atom is -0.465 e. The Bertz CT molecular complexity index is 1050. The summed E-state index contributed by atoms with van der Waals surface area (Å²) in [5, 5.41) is 0. The standard InChI is InChI=1S/C19H17BrN2O3S/c1-3-25-16(23)11-22-17-12(2)6-4-9-15(17)26-19(22)21-18(24)13-7-5-8-14(20)10-13/h4-10H,3,11H2,1-2H3. The Balaban J connectivity index is 2.13. The van der Waals surface area contributed by atoms with Crippen molar-refractivity contribution in [3.63, 3.8) is 0 Å². The largest absolute Gasteiger partial charge is 0.465 e. The van der Waals surface area contributed by atoms with Crippen LogP contribution in [-0.4, -0.2) is 23.1 Å². The number of hydrogen-bond donors (Lipinski definition) is 0. The fraction of sp³-hybridized carbons (Fsp3) is 0.211. The summed E-state index contributed by atoms with van der Waals surface area (Å²) in [6.07, 6.45) is 0. The van der Waals surface area contributed by atoms with E-state index in [0.717, 1.165) is 20.3 Å². The quantitative estimate of drug-likeness (QED) is 0.583. The second kappa shape index (κ2) is 7.97. The summed E-state index contributed by atoms with van der Waals surface area (Å²) in [6.45, 7) is 4.06. The summed E-state index contributed by atoms with van der Waals surface area (Å²) in [5.74, 6) is -0.708. The van der Waals surface area contributed by atoms with E-state index in [1.165, 1.54) is 11.3 Å². The van der Waals surface area contributed by atoms with Crippen molar-refractivity contribution in [1.29, 1.82) is 0 Å². The molecular weight excluding hydrogens is 416 g/mol. The van der Waals surface area contributed by atoms with Gasteiger partial charge in [0.25, 0.3) is 5.91 Å². The topological polar surface area (TPSA) is 60.7 Å². The number of fused-ring (bicyclic) bond motifs is 1. The van der Waals surface area contributed by atoms with E-state index >= 15 is 0 Å². The molecule has 5 nitrogen and oxygen atoms in total. The zero-order valence-electron chi connectivity index (χ0n) is 14.4. The third-order valence-electron chi connectivity index (χ3n) is 3.76. The molecule has 0 aliphatic heterocycles. The van der Waals surface area contributed by atoms with Crippen molar-refractivity contribution in [2.75, 3.05) is 6.61 Å². The lowest BCUT2D eigenvalue weighted by Gasteiger charge is -2.06. The SMILES string of the molecule is CCOC(=O)Cn1c(=NC(=O)c2cccc(Br)c2)sc2cccc(C)c21. The number of thiazole rings is 1. The minimum atomic E-state index is -0.355. The Kier molecular flexibility index (Phi) is 5.68. The third kappa shape index (κ3) is 3.94. The number of para-hydroxylation sites is 1. The number of hydrogen-bond acceptors (Lipinski definition) is 4. The lowest BCUT2D eigenvalue weighted by atomic mass is 10.2. The van der Waals surface area contributed by atoms with Crippen LogP contribution in [-0.2, 0) is 16.1 Å². The summed E-state index contributed by atoms with van der Waals surface area (Å²) in [4.78, 5) is 29.4. The van der Waals surface area contributed by atoms with E-state index in [9.17, 15) is 9.59 Å². The minimum absolute atomic E-state index is 0.0172. The predicted molar refractivity (Wildman–Crippen MR) is 105 cm³/mol. The molecule has 0 N–H and O–H groups in total. The number of amides is 1. The van der Waals surface area contributed by atoms with Crippen LogP contribution < -0.4 is 4.80 Å². The van der Waals surface area contributed by atoms with Gasteiger partial charge in [0.15, 0.2) is 4.80 Å². The summed E-state index contributed by atoms with van der Waals surface area (Å²) in [6, 6.07) is 12.9. The van der Waals surface area contributed by atoms with Crippen molar-refractivity contribution >= 4 is 49.4 Å². The van der Waals surface area contributed by atoms with E-state index in [1.807, 2.05) is 31.2 Å². The van der Waals surface area contributed by atoms with E-state index in [1.54, 1.807) is 29.7 Å². The van der Waals surface area contributed by atoms with Gasteiger partial charge in [0.05, 0.1) is 16.8 Å². The first-order valence-electron chi connectivity index (χ1n) is 8.08. The second-order valence-corrected chi connectivity index (χ2v) is 7.55. The lowest BCUT2D eigenvalue weighted by Crippen LogP contribution is -2.23. The molecule has 0 aliphatic carbocycles. The lowest BCUT2D eigenvalue weighted by molar-refractivity contribution is -0.143. The van der Waals surface area contributed by atoms with Crippen molar-refractivity contribution in [2.45, 2.75) is 20.4 Å². The first-order valence-corrected chi connectivity index (χ1v) is 9.69. The third-order valence-corrected chi connectivity index (χ3v) is 5.30. The molecule has 0 atom stereocenters. The van der Waals surface area contributed by atoms with E-state index < -0.39 is 0 Å². The number of benzene rings is 2. The molecule has 0 saturated carbocycles. The molecule has 0 fully saturated rings. The van der Waals surface area contributed by atoms with Crippen LogP contribution in [0.1, 0.15) is 22.8 Å². The molecule has 0 bridgehead atoms. The number of aromatic nitrogens is 1. The maximum Gasteiger partial charge on any atom is 0.326 e. The highest BCUT2D eigenvalue weighted by Gasteiger charge is 2.14. The van der Waals surface area contributed by atoms with Gasteiger partial charge >= 0.3 is 5.97 Å². The number of halogens is 1. The van der Waals surface area contributed by atoms with Crippen LogP contribution in [0.3, 0.4) is 0 Å². The van der Waals surface area contributed by atoms with Gasteiger partial charge in [0, 0.05) is 10.0 Å². The smallest absolute Gasteiger partial charge is 0.326 e. The van der Waals surface area contributed by atoms with E-state index in [2.05, 4.69) is 20.9 Å². The molecule has 0 spiro atoms. The van der Waals surface area contributed by atoms with Crippen molar-refractivity contribution in [3.05, 3.63) is 62.9 Å². The van der Waals surface area contributed by atoms with Crippen LogP contribution in [0.5, 0.6) is 0 Å². The van der Waals surface area contributed by atoms with E-state index in [-0.39, 0.29) is 18.4 Å². The summed E-state index contributed by atoms with van der Waals surface area (Å²) in [7, 11) is 0. The van der Waals surface area contributed by atoms with Crippen LogP contribution in [0, 0.1) is 6.92 Å². The van der Waals surface area contributed by atoms with Gasteiger partial charge in [0.1, 0.15) is 6.54 Å². The van der Waals surface area contributed by atoms with Crippen LogP contribution in [0.2, 0.25) is 0 Å². The molecule has 134 valence electrons. The molecule has 0 unspecified atom stereocenters. The molecule has 1 heterocycles. The van der Waals surface area contributed by atoms with Crippen LogP contribution in [0.25, 0.3) is 10.2 Å². The summed E-state index contributed by atoms with van der Waals surface area (Å²) >= 11 is 4.74. The average Bonchev–Trinajstić information content (AvgIpc) is 2.93. The highest BCUT2D eigenvalue weighted by Crippen LogP contribution is 2.21. The molecule has 7 heteroatoms. The molecule has 0 aliphatic rings. The Labute approximate surface area is 163 Å². The number of esters is 1. The van der Waals surface area contributed by atoms with Crippen LogP contribution >= 0.6 is 27.3 Å². The number of carbonyl (C=O) groups is 2. The Morgan fingerprint density at radius 1 is 1.23 bits per heavy atom. The molecule has 1 aromatic heterocycles. The molecule has 26 heavy (non-hydrogen) atoms. The zero-order valence-corrected chi connectivity index (χ0v) is 16.8. The van der Waals surface area contributed by atoms with Gasteiger partial charge < -0.3 is 9.30 Å². The van der Waals surface area contributed by atoms with Crippen molar-refractivity contribution < 1.29 is 14.3 Å². The van der Waals surface area contributed by atoms with Gasteiger partial charge in [0.2, 0.25) is 0 Å². The number of ether oxygens (including phenoxy) is 1. The average molecular weight is 433 g/mol. The van der Waals surface area contributed by atoms with Crippen molar-refractivity contribution in [2.24, 2.45) is 4.99 Å². The first-order chi connectivity index (χ1) is 12.5. The van der Waals surface area contributed by atoms with Gasteiger partial charge in [-0.25, -0.2) is 0 Å². The summed E-state index contributed by atoms with van der Waals surface area (Å²) < 4.78 is 8.61. The molecule has 1 amide bonds. The Morgan fingerprint density at radius 3 is 2.73 bits per heavy atom. The van der Waals surface area contributed by atoms with Gasteiger partial charge in [-0.05, 0) is 43.7 Å². The number of carbonyl (C=O) groups excluding carboxylic acids is 2.